The van der Waals surface area contributed by atoms with Crippen molar-refractivity contribution >= 4 is 5.97 Å². The summed E-state index contributed by atoms with van der Waals surface area (Å²) in [5, 5.41) is 15.2. The summed E-state index contributed by atoms with van der Waals surface area (Å²) in [6.45, 7) is 2.92. The lowest BCUT2D eigenvalue weighted by molar-refractivity contribution is 0.0591. The third-order valence-corrected chi connectivity index (χ3v) is 3.40. The maximum Gasteiger partial charge on any atom is 0.360 e. The zero-order valence-electron chi connectivity index (χ0n) is 11.9. The van der Waals surface area contributed by atoms with E-state index in [1.807, 2.05) is 0 Å². The first kappa shape index (κ1) is 13.7. The molecule has 0 saturated carbocycles. The van der Waals surface area contributed by atoms with E-state index in [1.165, 1.54) is 7.11 Å². The number of esters is 1. The summed E-state index contributed by atoms with van der Waals surface area (Å²) in [4.78, 5) is 16.0. The molecule has 2 aromatic rings. The minimum atomic E-state index is -0.491. The van der Waals surface area contributed by atoms with Gasteiger partial charge in [-0.15, -0.1) is 5.10 Å². The van der Waals surface area contributed by atoms with Gasteiger partial charge in [-0.2, -0.15) is 4.98 Å². The van der Waals surface area contributed by atoms with Gasteiger partial charge in [0.25, 0.3) is 0 Å². The zero-order valence-corrected chi connectivity index (χ0v) is 11.9. The first-order valence-corrected chi connectivity index (χ1v) is 6.73. The number of carbonyl (C=O) groups is 1. The maximum atomic E-state index is 11.8. The highest BCUT2D eigenvalue weighted by atomic mass is 16.5. The number of aromatic nitrogens is 5. The molecule has 21 heavy (non-hydrogen) atoms. The van der Waals surface area contributed by atoms with Crippen molar-refractivity contribution in [1.82, 2.24) is 30.5 Å². The van der Waals surface area contributed by atoms with Crippen LogP contribution in [0.1, 0.15) is 46.8 Å². The second-order valence-electron chi connectivity index (χ2n) is 4.85. The third kappa shape index (κ3) is 2.64. The van der Waals surface area contributed by atoms with Gasteiger partial charge in [-0.3, -0.25) is 0 Å². The summed E-state index contributed by atoms with van der Waals surface area (Å²) in [5.74, 6) is 0.487. The SMILES string of the molecule is COC(=O)c1nnn(Cc2noc(C)n2)c1C1CCCN1. The van der Waals surface area contributed by atoms with Crippen LogP contribution in [0.5, 0.6) is 0 Å². The number of nitrogens with one attached hydrogen (secondary N) is 1. The number of carbonyl (C=O) groups excluding carboxylic acids is 1. The highest BCUT2D eigenvalue weighted by Gasteiger charge is 2.29. The fourth-order valence-electron chi connectivity index (χ4n) is 2.48. The van der Waals surface area contributed by atoms with E-state index >= 15 is 0 Å². The number of nitrogens with zero attached hydrogens (tertiary/aromatic N) is 5. The molecule has 0 spiro atoms. The minimum Gasteiger partial charge on any atom is -0.464 e. The largest absolute Gasteiger partial charge is 0.464 e. The summed E-state index contributed by atoms with van der Waals surface area (Å²) in [7, 11) is 1.33. The van der Waals surface area contributed by atoms with E-state index in [-0.39, 0.29) is 11.7 Å². The van der Waals surface area contributed by atoms with Crippen LogP contribution >= 0.6 is 0 Å². The van der Waals surface area contributed by atoms with E-state index < -0.39 is 5.97 Å². The van der Waals surface area contributed by atoms with Crippen LogP contribution in [0.3, 0.4) is 0 Å². The second kappa shape index (κ2) is 5.60. The lowest BCUT2D eigenvalue weighted by atomic mass is 10.1. The van der Waals surface area contributed by atoms with Gasteiger partial charge in [0, 0.05) is 6.92 Å². The molecular weight excluding hydrogens is 276 g/mol. The Hall–Kier alpha value is -2.29. The minimum absolute atomic E-state index is 0.0297. The van der Waals surface area contributed by atoms with E-state index in [0.717, 1.165) is 19.4 Å². The van der Waals surface area contributed by atoms with Gasteiger partial charge in [-0.25, -0.2) is 9.48 Å². The molecule has 1 saturated heterocycles. The van der Waals surface area contributed by atoms with Crippen molar-refractivity contribution < 1.29 is 14.1 Å². The Balaban J connectivity index is 1.95. The number of hydrogen-bond acceptors (Lipinski definition) is 8. The molecule has 112 valence electrons. The van der Waals surface area contributed by atoms with E-state index in [1.54, 1.807) is 11.6 Å². The number of hydrogen-bond donors (Lipinski definition) is 1. The molecule has 1 atom stereocenters. The van der Waals surface area contributed by atoms with Crippen molar-refractivity contribution in [3.05, 3.63) is 23.1 Å². The molecule has 3 heterocycles. The van der Waals surface area contributed by atoms with Crippen LogP contribution < -0.4 is 5.32 Å². The molecule has 1 unspecified atom stereocenters. The molecule has 0 radical (unpaired) electrons. The fraction of sp³-hybridized carbons (Fsp3) is 0.583. The quantitative estimate of drug-likeness (QED) is 0.798. The molecule has 1 aliphatic rings. The van der Waals surface area contributed by atoms with Gasteiger partial charge in [-0.1, -0.05) is 10.4 Å². The Morgan fingerprint density at radius 3 is 3.05 bits per heavy atom. The Bertz CT molecular complexity index is 643. The molecule has 2 aromatic heterocycles. The van der Waals surface area contributed by atoms with Crippen LogP contribution in [0, 0.1) is 6.92 Å². The molecular formula is C12H16N6O3. The average Bonchev–Trinajstić information content (AvgIpc) is 3.19. The molecule has 1 fully saturated rings. The highest BCUT2D eigenvalue weighted by Crippen LogP contribution is 2.25. The summed E-state index contributed by atoms with van der Waals surface area (Å²) >= 11 is 0. The number of rotatable bonds is 4. The summed E-state index contributed by atoms with van der Waals surface area (Å²) in [5.41, 5.74) is 0.943. The van der Waals surface area contributed by atoms with E-state index in [9.17, 15) is 4.79 Å². The van der Waals surface area contributed by atoms with Gasteiger partial charge >= 0.3 is 5.97 Å². The van der Waals surface area contributed by atoms with Crippen molar-refractivity contribution in [3.8, 4) is 0 Å². The highest BCUT2D eigenvalue weighted by molar-refractivity contribution is 5.88. The number of methoxy groups -OCH3 is 1. The van der Waals surface area contributed by atoms with Crippen LogP contribution in [0.15, 0.2) is 4.52 Å². The van der Waals surface area contributed by atoms with Crippen molar-refractivity contribution in [3.63, 3.8) is 0 Å². The zero-order chi connectivity index (χ0) is 14.8. The first-order chi connectivity index (χ1) is 10.2. The lowest BCUT2D eigenvalue weighted by Gasteiger charge is -2.12. The number of aryl methyl sites for hydroxylation is 1. The van der Waals surface area contributed by atoms with Crippen LogP contribution in [0.25, 0.3) is 0 Å². The monoisotopic (exact) mass is 292 g/mol. The third-order valence-electron chi connectivity index (χ3n) is 3.40. The molecule has 0 aliphatic carbocycles. The topological polar surface area (TPSA) is 108 Å². The van der Waals surface area contributed by atoms with Crippen molar-refractivity contribution in [2.24, 2.45) is 0 Å². The molecule has 9 nitrogen and oxygen atoms in total. The van der Waals surface area contributed by atoms with Gasteiger partial charge in [0.15, 0.2) is 11.5 Å². The molecule has 0 aromatic carbocycles. The van der Waals surface area contributed by atoms with Crippen LogP contribution in [-0.4, -0.2) is 44.8 Å². The molecule has 1 N–H and O–H groups in total. The van der Waals surface area contributed by atoms with E-state index in [4.69, 9.17) is 9.26 Å². The molecule has 9 heteroatoms. The normalized spacial score (nSPS) is 18.1. The predicted molar refractivity (Wildman–Crippen MR) is 69.5 cm³/mol. The van der Waals surface area contributed by atoms with Gasteiger partial charge in [0.05, 0.1) is 18.8 Å². The summed E-state index contributed by atoms with van der Waals surface area (Å²) in [6, 6.07) is 0.0297. The Kier molecular flexibility index (Phi) is 3.65. The van der Waals surface area contributed by atoms with E-state index in [0.29, 0.717) is 24.0 Å². The standard InChI is InChI=1S/C12H16N6O3/c1-7-14-9(16-21-7)6-18-11(8-4-3-5-13-8)10(15-17-18)12(19)20-2/h8,13H,3-6H2,1-2H3. The molecule has 3 rings (SSSR count). The Morgan fingerprint density at radius 1 is 1.57 bits per heavy atom. The van der Waals surface area contributed by atoms with Crippen molar-refractivity contribution in [2.75, 3.05) is 13.7 Å². The first-order valence-electron chi connectivity index (χ1n) is 6.73. The van der Waals surface area contributed by atoms with Gasteiger partial charge < -0.3 is 14.6 Å². The number of ether oxygens (including phenoxy) is 1. The van der Waals surface area contributed by atoms with Crippen LogP contribution in [-0.2, 0) is 11.3 Å². The van der Waals surface area contributed by atoms with Gasteiger partial charge in [0.2, 0.25) is 5.89 Å². The Labute approximate surface area is 120 Å². The van der Waals surface area contributed by atoms with E-state index in [2.05, 4.69) is 25.8 Å². The average molecular weight is 292 g/mol. The molecule has 1 aliphatic heterocycles. The fourth-order valence-corrected chi connectivity index (χ4v) is 2.48. The van der Waals surface area contributed by atoms with Crippen LogP contribution in [0.2, 0.25) is 0 Å². The second-order valence-corrected chi connectivity index (χ2v) is 4.85. The predicted octanol–water partition coefficient (Wildman–Crippen LogP) is 0.229. The summed E-state index contributed by atoms with van der Waals surface area (Å²) < 4.78 is 11.3. The van der Waals surface area contributed by atoms with Crippen molar-refractivity contribution in [1.29, 1.82) is 0 Å². The van der Waals surface area contributed by atoms with Gasteiger partial charge in [-0.05, 0) is 19.4 Å². The van der Waals surface area contributed by atoms with Crippen LogP contribution in [0.4, 0.5) is 0 Å². The Morgan fingerprint density at radius 2 is 2.43 bits per heavy atom. The smallest absolute Gasteiger partial charge is 0.360 e. The molecule has 0 bridgehead atoms. The lowest BCUT2D eigenvalue weighted by Crippen LogP contribution is -2.21. The summed E-state index contributed by atoms with van der Waals surface area (Å²) in [6.07, 6.45) is 1.96. The van der Waals surface area contributed by atoms with Gasteiger partial charge in [0.1, 0.15) is 6.54 Å². The van der Waals surface area contributed by atoms with Crippen molar-refractivity contribution in [2.45, 2.75) is 32.4 Å². The molecule has 0 amide bonds. The maximum absolute atomic E-state index is 11.8.